The number of methoxy groups -OCH3 is 1. The lowest BCUT2D eigenvalue weighted by Gasteiger charge is -2.19. The zero-order valence-electron chi connectivity index (χ0n) is 8.10. The van der Waals surface area contributed by atoms with E-state index in [4.69, 9.17) is 0 Å². The number of ether oxygens (including phenoxy) is 1. The van der Waals surface area contributed by atoms with Crippen molar-refractivity contribution in [3.8, 4) is 0 Å². The summed E-state index contributed by atoms with van der Waals surface area (Å²) < 4.78 is 4.64. The largest absolute Gasteiger partial charge is 0.469 e. The quantitative estimate of drug-likeness (QED) is 0.484. The summed E-state index contributed by atoms with van der Waals surface area (Å²) in [4.78, 5) is 11.0. The fourth-order valence-electron chi connectivity index (χ4n) is 1.20. The highest BCUT2D eigenvalue weighted by Crippen LogP contribution is 2.16. The van der Waals surface area contributed by atoms with Crippen LogP contribution < -0.4 is 0 Å². The summed E-state index contributed by atoms with van der Waals surface area (Å²) in [6.45, 7) is 8.70. The first-order valence-electron chi connectivity index (χ1n) is 3.94. The van der Waals surface area contributed by atoms with Crippen LogP contribution >= 0.6 is 0 Å². The predicted octanol–water partition coefficient (Wildman–Crippen LogP) is 2.13. The molecule has 0 aliphatic rings. The van der Waals surface area contributed by atoms with E-state index in [1.807, 2.05) is 6.92 Å². The highest BCUT2D eigenvalue weighted by atomic mass is 28.3. The lowest BCUT2D eigenvalue weighted by atomic mass is 10.2. The summed E-state index contributed by atoms with van der Waals surface area (Å²) in [6, 6.07) is 1.01. The first kappa shape index (κ1) is 10.7. The second-order valence-electron chi connectivity index (χ2n) is 4.19. The van der Waals surface area contributed by atoms with Crippen LogP contribution in [0.5, 0.6) is 0 Å². The molecule has 0 saturated carbocycles. The van der Waals surface area contributed by atoms with Gasteiger partial charge < -0.3 is 4.74 Å². The maximum atomic E-state index is 11.0. The van der Waals surface area contributed by atoms with E-state index in [1.165, 1.54) is 7.11 Å². The molecule has 0 aromatic rings. The Hall–Kier alpha value is -0.313. The molecule has 0 rings (SSSR count). The van der Waals surface area contributed by atoms with Gasteiger partial charge in [0, 0.05) is 8.07 Å². The minimum atomic E-state index is -1.10. The normalized spacial score (nSPS) is 14.3. The predicted molar refractivity (Wildman–Crippen MR) is 49.3 cm³/mol. The highest BCUT2D eigenvalue weighted by Gasteiger charge is 2.22. The van der Waals surface area contributed by atoms with E-state index in [2.05, 4.69) is 24.4 Å². The van der Waals surface area contributed by atoms with Gasteiger partial charge in [-0.05, 0) is 6.04 Å². The smallest absolute Gasteiger partial charge is 0.308 e. The van der Waals surface area contributed by atoms with E-state index in [0.717, 1.165) is 6.04 Å². The molecule has 0 amide bonds. The van der Waals surface area contributed by atoms with Crippen molar-refractivity contribution in [2.75, 3.05) is 7.11 Å². The third kappa shape index (κ3) is 5.01. The zero-order valence-corrected chi connectivity index (χ0v) is 9.10. The van der Waals surface area contributed by atoms with E-state index in [9.17, 15) is 4.79 Å². The van der Waals surface area contributed by atoms with Gasteiger partial charge in [0.1, 0.15) is 0 Å². The van der Waals surface area contributed by atoms with Gasteiger partial charge >= 0.3 is 5.97 Å². The topological polar surface area (TPSA) is 26.3 Å². The Bertz CT molecular complexity index is 138. The molecule has 1 unspecified atom stereocenters. The van der Waals surface area contributed by atoms with Crippen molar-refractivity contribution >= 4 is 14.0 Å². The van der Waals surface area contributed by atoms with Crippen LogP contribution in [-0.4, -0.2) is 21.2 Å². The molecule has 11 heavy (non-hydrogen) atoms. The molecule has 0 aromatic carbocycles. The van der Waals surface area contributed by atoms with Crippen LogP contribution in [-0.2, 0) is 9.53 Å². The average Bonchev–Trinajstić information content (AvgIpc) is 1.82. The maximum absolute atomic E-state index is 11.0. The molecule has 0 bridgehead atoms. The van der Waals surface area contributed by atoms with Gasteiger partial charge in [-0.2, -0.15) is 0 Å². The van der Waals surface area contributed by atoms with Crippen molar-refractivity contribution in [2.24, 2.45) is 5.92 Å². The summed E-state index contributed by atoms with van der Waals surface area (Å²) in [6.07, 6.45) is 0. The van der Waals surface area contributed by atoms with Crippen molar-refractivity contribution in [1.29, 1.82) is 0 Å². The van der Waals surface area contributed by atoms with Gasteiger partial charge in [-0.25, -0.2) is 0 Å². The number of hydrogen-bond acceptors (Lipinski definition) is 2. The summed E-state index contributed by atoms with van der Waals surface area (Å²) in [5, 5.41) is 0. The van der Waals surface area contributed by atoms with Gasteiger partial charge in [-0.1, -0.05) is 26.6 Å². The molecule has 0 saturated heterocycles. The fourth-order valence-corrected chi connectivity index (χ4v) is 3.21. The van der Waals surface area contributed by atoms with E-state index >= 15 is 0 Å². The number of rotatable bonds is 3. The van der Waals surface area contributed by atoms with Gasteiger partial charge in [-0.15, -0.1) is 0 Å². The molecule has 2 nitrogen and oxygen atoms in total. The second-order valence-corrected chi connectivity index (χ2v) is 9.72. The van der Waals surface area contributed by atoms with Gasteiger partial charge in [0.15, 0.2) is 0 Å². The van der Waals surface area contributed by atoms with Gasteiger partial charge in [0.05, 0.1) is 13.0 Å². The molecule has 0 spiro atoms. The van der Waals surface area contributed by atoms with Crippen LogP contribution in [0.2, 0.25) is 25.7 Å². The van der Waals surface area contributed by atoms with E-state index in [1.54, 1.807) is 0 Å². The Morgan fingerprint density at radius 3 is 2.18 bits per heavy atom. The summed E-state index contributed by atoms with van der Waals surface area (Å²) in [7, 11) is 0.347. The molecule has 0 aromatic heterocycles. The van der Waals surface area contributed by atoms with Crippen molar-refractivity contribution in [2.45, 2.75) is 32.6 Å². The van der Waals surface area contributed by atoms with Crippen molar-refractivity contribution in [3.63, 3.8) is 0 Å². The molecule has 3 heteroatoms. The fraction of sp³-hybridized carbons (Fsp3) is 0.875. The molecule has 1 atom stereocenters. The minimum Gasteiger partial charge on any atom is -0.469 e. The molecule has 0 aliphatic heterocycles. The standard InChI is InChI=1S/C8H18O2Si/c1-7(8(9)10-2)6-11(3,4)5/h7H,6H2,1-5H3. The van der Waals surface area contributed by atoms with Gasteiger partial charge in [-0.3, -0.25) is 4.79 Å². The monoisotopic (exact) mass is 174 g/mol. The SMILES string of the molecule is COC(=O)C(C)C[Si](C)(C)C. The third-order valence-corrected chi connectivity index (χ3v) is 3.36. The maximum Gasteiger partial charge on any atom is 0.308 e. The minimum absolute atomic E-state index is 0.0756. The summed E-state index contributed by atoms with van der Waals surface area (Å²) in [5.41, 5.74) is 0. The third-order valence-electron chi connectivity index (χ3n) is 1.52. The first-order chi connectivity index (χ1) is 4.87. The lowest BCUT2D eigenvalue weighted by Crippen LogP contribution is -2.27. The van der Waals surface area contributed by atoms with Crippen LogP contribution in [0.15, 0.2) is 0 Å². The summed E-state index contributed by atoms with van der Waals surface area (Å²) in [5.74, 6) is -0.000841. The first-order valence-corrected chi connectivity index (χ1v) is 7.65. The molecular formula is C8H18O2Si. The second kappa shape index (κ2) is 3.90. The Kier molecular flexibility index (Phi) is 3.79. The number of carbonyl (C=O) groups excluding carboxylic acids is 1. The van der Waals surface area contributed by atoms with Gasteiger partial charge in [0.2, 0.25) is 0 Å². The average molecular weight is 174 g/mol. The molecule has 0 fully saturated rings. The van der Waals surface area contributed by atoms with E-state index < -0.39 is 8.07 Å². The van der Waals surface area contributed by atoms with Crippen molar-refractivity contribution in [3.05, 3.63) is 0 Å². The molecular weight excluding hydrogens is 156 g/mol. The highest BCUT2D eigenvalue weighted by molar-refractivity contribution is 6.76. The van der Waals surface area contributed by atoms with Crippen LogP contribution in [0.1, 0.15) is 6.92 Å². The Balaban J connectivity index is 3.87. The zero-order chi connectivity index (χ0) is 9.07. The van der Waals surface area contributed by atoms with Crippen LogP contribution in [0, 0.1) is 5.92 Å². The van der Waals surface area contributed by atoms with Crippen LogP contribution in [0.4, 0.5) is 0 Å². The van der Waals surface area contributed by atoms with Crippen LogP contribution in [0.25, 0.3) is 0 Å². The van der Waals surface area contributed by atoms with E-state index in [-0.39, 0.29) is 11.9 Å². The number of hydrogen-bond donors (Lipinski definition) is 0. The molecule has 0 heterocycles. The Morgan fingerprint density at radius 1 is 1.45 bits per heavy atom. The molecule has 0 N–H and O–H groups in total. The molecule has 0 aliphatic carbocycles. The van der Waals surface area contributed by atoms with Crippen LogP contribution in [0.3, 0.4) is 0 Å². The Morgan fingerprint density at radius 2 is 1.91 bits per heavy atom. The summed E-state index contributed by atoms with van der Waals surface area (Å²) >= 11 is 0. The lowest BCUT2D eigenvalue weighted by molar-refractivity contribution is -0.144. The van der Waals surface area contributed by atoms with Gasteiger partial charge in [0.25, 0.3) is 0 Å². The molecule has 0 radical (unpaired) electrons. The van der Waals surface area contributed by atoms with Crippen molar-refractivity contribution in [1.82, 2.24) is 0 Å². The number of carbonyl (C=O) groups is 1. The molecule has 66 valence electrons. The Labute approximate surface area is 69.9 Å². The van der Waals surface area contributed by atoms with E-state index in [0.29, 0.717) is 0 Å². The number of esters is 1. The van der Waals surface area contributed by atoms with Crippen molar-refractivity contribution < 1.29 is 9.53 Å².